The summed E-state index contributed by atoms with van der Waals surface area (Å²) in [5.41, 5.74) is 12.6. The zero-order chi connectivity index (χ0) is 13.8. The lowest BCUT2D eigenvalue weighted by atomic mass is 10.2. The largest absolute Gasteiger partial charge is 0.497 e. The highest BCUT2D eigenvalue weighted by Gasteiger charge is 2.24. The Bertz CT molecular complexity index is 500. The Morgan fingerprint density at radius 1 is 1.25 bits per heavy atom. The van der Waals surface area contributed by atoms with Gasteiger partial charge in [0.15, 0.2) is 0 Å². The van der Waals surface area contributed by atoms with Crippen LogP contribution in [0, 0.1) is 0 Å². The second-order valence-corrected chi connectivity index (χ2v) is 4.29. The van der Waals surface area contributed by atoms with E-state index in [1.54, 1.807) is 7.11 Å². The normalized spacial score (nSPS) is 17.9. The van der Waals surface area contributed by atoms with Crippen molar-refractivity contribution < 1.29 is 4.74 Å². The standard InChI is InChI=1S/C13H19N5O.ClH/c1-3-4-11-16-12(14)17-13(15)18(11)9-5-7-10(19-2)8-6-9;/h5-8,11H,3-4H2,1-2H3,(H4,14,15,16,17);1H. The van der Waals surface area contributed by atoms with Crippen molar-refractivity contribution in [1.82, 2.24) is 0 Å². The van der Waals surface area contributed by atoms with E-state index in [0.717, 1.165) is 24.3 Å². The van der Waals surface area contributed by atoms with Crippen LogP contribution >= 0.6 is 12.4 Å². The molecule has 0 amide bonds. The van der Waals surface area contributed by atoms with Crippen molar-refractivity contribution in [1.29, 1.82) is 0 Å². The first-order valence-corrected chi connectivity index (χ1v) is 6.26. The number of nitrogens with zero attached hydrogens (tertiary/aromatic N) is 3. The van der Waals surface area contributed by atoms with Gasteiger partial charge in [0.25, 0.3) is 0 Å². The van der Waals surface area contributed by atoms with Gasteiger partial charge in [-0.25, -0.2) is 4.99 Å². The van der Waals surface area contributed by atoms with E-state index in [9.17, 15) is 0 Å². The second kappa shape index (κ2) is 7.00. The van der Waals surface area contributed by atoms with Crippen LogP contribution in [0.3, 0.4) is 0 Å². The van der Waals surface area contributed by atoms with Gasteiger partial charge < -0.3 is 16.2 Å². The van der Waals surface area contributed by atoms with E-state index >= 15 is 0 Å². The molecule has 0 aromatic heterocycles. The molecule has 1 aliphatic heterocycles. The zero-order valence-electron chi connectivity index (χ0n) is 11.6. The predicted octanol–water partition coefficient (Wildman–Crippen LogP) is 1.69. The van der Waals surface area contributed by atoms with Crippen molar-refractivity contribution in [2.75, 3.05) is 12.0 Å². The van der Waals surface area contributed by atoms with E-state index in [2.05, 4.69) is 16.9 Å². The fraction of sp³-hybridized carbons (Fsp3) is 0.385. The fourth-order valence-corrected chi connectivity index (χ4v) is 2.06. The van der Waals surface area contributed by atoms with Crippen LogP contribution in [0.5, 0.6) is 5.75 Å². The maximum atomic E-state index is 5.98. The Hall–Kier alpha value is -1.95. The molecule has 20 heavy (non-hydrogen) atoms. The van der Waals surface area contributed by atoms with Crippen LogP contribution in [-0.4, -0.2) is 25.2 Å². The summed E-state index contributed by atoms with van der Waals surface area (Å²) < 4.78 is 5.15. The molecule has 1 aromatic rings. The Balaban J connectivity index is 0.00000200. The van der Waals surface area contributed by atoms with Gasteiger partial charge >= 0.3 is 0 Å². The van der Waals surface area contributed by atoms with Gasteiger partial charge in [-0.3, -0.25) is 4.90 Å². The lowest BCUT2D eigenvalue weighted by Gasteiger charge is -2.32. The van der Waals surface area contributed by atoms with Crippen molar-refractivity contribution in [3.63, 3.8) is 0 Å². The minimum absolute atomic E-state index is 0. The molecule has 2 rings (SSSR count). The van der Waals surface area contributed by atoms with Crippen LogP contribution in [0.1, 0.15) is 19.8 Å². The van der Waals surface area contributed by atoms with Crippen LogP contribution in [0.25, 0.3) is 0 Å². The molecule has 4 N–H and O–H groups in total. The van der Waals surface area contributed by atoms with Gasteiger partial charge in [0.05, 0.1) is 7.11 Å². The van der Waals surface area contributed by atoms with E-state index in [1.807, 2.05) is 29.2 Å². The minimum atomic E-state index is -0.101. The van der Waals surface area contributed by atoms with Gasteiger partial charge in [-0.05, 0) is 30.7 Å². The average molecular weight is 298 g/mol. The quantitative estimate of drug-likeness (QED) is 0.885. The SMILES string of the molecule is CCCC1N=C(N)N=C(N)N1c1ccc(OC)cc1.Cl. The summed E-state index contributed by atoms with van der Waals surface area (Å²) >= 11 is 0. The summed E-state index contributed by atoms with van der Waals surface area (Å²) in [5.74, 6) is 1.41. The summed E-state index contributed by atoms with van der Waals surface area (Å²) in [4.78, 5) is 10.3. The number of ether oxygens (including phenoxy) is 1. The molecule has 0 aliphatic carbocycles. The van der Waals surface area contributed by atoms with Gasteiger partial charge in [-0.15, -0.1) is 12.4 Å². The van der Waals surface area contributed by atoms with E-state index < -0.39 is 0 Å². The van der Waals surface area contributed by atoms with Gasteiger partial charge in [0, 0.05) is 5.69 Å². The number of halogens is 1. The van der Waals surface area contributed by atoms with Crippen LogP contribution in [0.15, 0.2) is 34.3 Å². The number of benzene rings is 1. The smallest absolute Gasteiger partial charge is 0.220 e. The van der Waals surface area contributed by atoms with Gasteiger partial charge in [0.2, 0.25) is 11.9 Å². The number of aliphatic imine (C=N–C) groups is 2. The third kappa shape index (κ3) is 3.33. The monoisotopic (exact) mass is 297 g/mol. The van der Waals surface area contributed by atoms with Gasteiger partial charge in [0.1, 0.15) is 11.9 Å². The third-order valence-corrected chi connectivity index (χ3v) is 2.95. The molecule has 0 radical (unpaired) electrons. The van der Waals surface area contributed by atoms with Crippen molar-refractivity contribution in [3.8, 4) is 5.75 Å². The third-order valence-electron chi connectivity index (χ3n) is 2.95. The minimum Gasteiger partial charge on any atom is -0.497 e. The predicted molar refractivity (Wildman–Crippen MR) is 84.7 cm³/mol. The first kappa shape index (κ1) is 16.1. The molecule has 0 fully saturated rings. The molecule has 110 valence electrons. The molecular weight excluding hydrogens is 278 g/mol. The topological polar surface area (TPSA) is 89.2 Å². The van der Waals surface area contributed by atoms with Gasteiger partial charge in [-0.1, -0.05) is 13.3 Å². The molecule has 6 nitrogen and oxygen atoms in total. The zero-order valence-corrected chi connectivity index (χ0v) is 12.4. The molecule has 1 atom stereocenters. The molecule has 1 aromatic carbocycles. The summed E-state index contributed by atoms with van der Waals surface area (Å²) in [6.07, 6.45) is 1.75. The number of anilines is 1. The Labute approximate surface area is 124 Å². The Morgan fingerprint density at radius 3 is 2.45 bits per heavy atom. The number of methoxy groups -OCH3 is 1. The molecule has 1 unspecified atom stereocenters. The second-order valence-electron chi connectivity index (χ2n) is 4.29. The molecule has 0 spiro atoms. The Kier molecular flexibility index (Phi) is 5.64. The first-order chi connectivity index (χ1) is 9.15. The van der Waals surface area contributed by atoms with Crippen molar-refractivity contribution in [2.24, 2.45) is 21.5 Å². The maximum absolute atomic E-state index is 5.98. The van der Waals surface area contributed by atoms with E-state index in [-0.39, 0.29) is 24.5 Å². The van der Waals surface area contributed by atoms with E-state index in [0.29, 0.717) is 5.96 Å². The molecular formula is C13H20ClN5O. The van der Waals surface area contributed by atoms with Crippen molar-refractivity contribution >= 4 is 30.0 Å². The van der Waals surface area contributed by atoms with Crippen LogP contribution in [0.2, 0.25) is 0 Å². The summed E-state index contributed by atoms with van der Waals surface area (Å²) in [6.45, 7) is 2.10. The lowest BCUT2D eigenvalue weighted by Crippen LogP contribution is -2.48. The molecule has 7 heteroatoms. The molecule has 0 saturated carbocycles. The summed E-state index contributed by atoms with van der Waals surface area (Å²) in [6, 6.07) is 7.63. The van der Waals surface area contributed by atoms with Gasteiger partial charge in [-0.2, -0.15) is 4.99 Å². The van der Waals surface area contributed by atoms with E-state index in [4.69, 9.17) is 16.2 Å². The number of hydrogen-bond acceptors (Lipinski definition) is 6. The highest BCUT2D eigenvalue weighted by molar-refractivity contribution is 6.04. The molecule has 1 heterocycles. The Morgan fingerprint density at radius 2 is 1.90 bits per heavy atom. The number of nitrogens with two attached hydrogens (primary N) is 2. The van der Waals surface area contributed by atoms with E-state index in [1.165, 1.54) is 0 Å². The molecule has 1 aliphatic rings. The van der Waals surface area contributed by atoms with Crippen LogP contribution < -0.4 is 21.1 Å². The van der Waals surface area contributed by atoms with Crippen LogP contribution in [0.4, 0.5) is 5.69 Å². The summed E-state index contributed by atoms with van der Waals surface area (Å²) in [7, 11) is 1.64. The maximum Gasteiger partial charge on any atom is 0.220 e. The first-order valence-electron chi connectivity index (χ1n) is 6.26. The highest BCUT2D eigenvalue weighted by Crippen LogP contribution is 2.24. The summed E-state index contributed by atoms with van der Waals surface area (Å²) in [5, 5.41) is 0. The number of guanidine groups is 2. The van der Waals surface area contributed by atoms with Crippen LogP contribution in [-0.2, 0) is 0 Å². The fourth-order valence-electron chi connectivity index (χ4n) is 2.06. The van der Waals surface area contributed by atoms with Crippen molar-refractivity contribution in [3.05, 3.63) is 24.3 Å². The lowest BCUT2D eigenvalue weighted by molar-refractivity contribution is 0.415. The molecule has 0 bridgehead atoms. The number of rotatable bonds is 4. The average Bonchev–Trinajstić information content (AvgIpc) is 2.39. The molecule has 0 saturated heterocycles. The van der Waals surface area contributed by atoms with Crippen molar-refractivity contribution in [2.45, 2.75) is 25.9 Å². The highest BCUT2D eigenvalue weighted by atomic mass is 35.5. The number of hydrogen-bond donors (Lipinski definition) is 2.